The molecule has 0 spiro atoms. The van der Waals surface area contributed by atoms with Crippen LogP contribution in [0.3, 0.4) is 0 Å². The monoisotopic (exact) mass is 676 g/mol. The predicted molar refractivity (Wildman–Crippen MR) is 223 cm³/mol. The molecule has 3 heteroatoms. The lowest BCUT2D eigenvalue weighted by molar-refractivity contribution is 0.669. The van der Waals surface area contributed by atoms with E-state index < -0.39 is 0 Å². The third-order valence-corrected chi connectivity index (χ3v) is 10.7. The van der Waals surface area contributed by atoms with Gasteiger partial charge in [-0.2, -0.15) is 0 Å². The Balaban J connectivity index is 1.20. The van der Waals surface area contributed by atoms with Crippen molar-refractivity contribution in [3.05, 3.63) is 194 Å². The van der Waals surface area contributed by atoms with E-state index in [1.165, 1.54) is 43.5 Å². The van der Waals surface area contributed by atoms with E-state index in [2.05, 4.69) is 198 Å². The molecule has 0 N–H and O–H groups in total. The van der Waals surface area contributed by atoms with Gasteiger partial charge in [0.15, 0.2) is 0 Å². The third-order valence-electron chi connectivity index (χ3n) is 10.7. The quantitative estimate of drug-likeness (QED) is 0.169. The van der Waals surface area contributed by atoms with Crippen molar-refractivity contribution in [2.24, 2.45) is 0 Å². The number of para-hydroxylation sites is 5. The number of hydrogen-bond acceptors (Lipinski definition) is 2. The topological polar surface area (TPSA) is 21.3 Å². The Hall–Kier alpha value is -7.10. The van der Waals surface area contributed by atoms with Gasteiger partial charge < -0.3 is 13.9 Å². The zero-order chi connectivity index (χ0) is 34.9. The standard InChI is InChI=1S/C50H32N2O/c1-4-14-35(15-5-1)51(36-16-6-2-7-17-36)38-26-24-33(25-27-38)41-28-34-29-50-46(40-21-11-13-23-49(40)53-50)30-42(34)44-32-48-45(31-43(41)44)39-20-10-12-22-47(39)52(48)37-18-8-3-9-19-37/h1-32H. The molecule has 9 aromatic carbocycles. The van der Waals surface area contributed by atoms with E-state index >= 15 is 0 Å². The van der Waals surface area contributed by atoms with E-state index in [0.717, 1.165) is 55.6 Å². The Kier molecular flexibility index (Phi) is 6.55. The van der Waals surface area contributed by atoms with Crippen LogP contribution in [0, 0.1) is 0 Å². The van der Waals surface area contributed by atoms with Gasteiger partial charge in [-0.15, -0.1) is 0 Å². The Morgan fingerprint density at radius 2 is 0.962 bits per heavy atom. The lowest BCUT2D eigenvalue weighted by Gasteiger charge is -2.25. The highest BCUT2D eigenvalue weighted by Crippen LogP contribution is 2.44. The first-order valence-corrected chi connectivity index (χ1v) is 18.1. The van der Waals surface area contributed by atoms with E-state index in [4.69, 9.17) is 4.42 Å². The minimum absolute atomic E-state index is 0.903. The maximum atomic E-state index is 6.42. The van der Waals surface area contributed by atoms with Crippen molar-refractivity contribution in [1.29, 1.82) is 0 Å². The second kappa shape index (κ2) is 11.7. The van der Waals surface area contributed by atoms with Crippen molar-refractivity contribution in [3.8, 4) is 16.8 Å². The van der Waals surface area contributed by atoms with Crippen molar-refractivity contribution in [2.75, 3.05) is 4.90 Å². The molecule has 0 bridgehead atoms. The Labute approximate surface area is 306 Å². The number of aromatic nitrogens is 1. The lowest BCUT2D eigenvalue weighted by Crippen LogP contribution is -2.09. The minimum Gasteiger partial charge on any atom is -0.456 e. The second-order valence-corrected chi connectivity index (χ2v) is 13.7. The fraction of sp³-hybridized carbons (Fsp3) is 0. The van der Waals surface area contributed by atoms with Crippen molar-refractivity contribution in [3.63, 3.8) is 0 Å². The van der Waals surface area contributed by atoms with Crippen LogP contribution in [0.15, 0.2) is 199 Å². The molecule has 0 unspecified atom stereocenters. The number of hydrogen-bond donors (Lipinski definition) is 0. The summed E-state index contributed by atoms with van der Waals surface area (Å²) in [4.78, 5) is 2.31. The van der Waals surface area contributed by atoms with Gasteiger partial charge in [0.1, 0.15) is 11.2 Å². The number of furan rings is 1. The zero-order valence-electron chi connectivity index (χ0n) is 28.8. The molecule has 0 atom stereocenters. The largest absolute Gasteiger partial charge is 0.456 e. The summed E-state index contributed by atoms with van der Waals surface area (Å²) in [5.41, 5.74) is 11.1. The summed E-state index contributed by atoms with van der Waals surface area (Å²) in [6.45, 7) is 0. The SMILES string of the molecule is c1ccc(N(c2ccccc2)c2ccc(-c3cc4cc5oc6ccccc6c5cc4c4cc5c(cc34)c3ccccc3n5-c3ccccc3)cc2)cc1. The molecular formula is C50H32N2O. The van der Waals surface area contributed by atoms with E-state index in [1.54, 1.807) is 0 Å². The summed E-state index contributed by atoms with van der Waals surface area (Å²) in [6, 6.07) is 69.7. The highest BCUT2D eigenvalue weighted by atomic mass is 16.3. The summed E-state index contributed by atoms with van der Waals surface area (Å²) < 4.78 is 8.83. The molecule has 3 nitrogen and oxygen atoms in total. The molecule has 0 saturated carbocycles. The molecule has 2 aromatic heterocycles. The van der Waals surface area contributed by atoms with Gasteiger partial charge in [-0.25, -0.2) is 0 Å². The van der Waals surface area contributed by atoms with Crippen LogP contribution in [-0.2, 0) is 0 Å². The molecule has 53 heavy (non-hydrogen) atoms. The molecule has 11 rings (SSSR count). The van der Waals surface area contributed by atoms with Gasteiger partial charge in [0.05, 0.1) is 11.0 Å². The van der Waals surface area contributed by atoms with E-state index in [0.29, 0.717) is 0 Å². The molecule has 248 valence electrons. The second-order valence-electron chi connectivity index (χ2n) is 13.7. The van der Waals surface area contributed by atoms with Gasteiger partial charge in [0.2, 0.25) is 0 Å². The van der Waals surface area contributed by atoms with Crippen LogP contribution < -0.4 is 4.90 Å². The van der Waals surface area contributed by atoms with Crippen LogP contribution in [0.5, 0.6) is 0 Å². The van der Waals surface area contributed by atoms with Crippen LogP contribution >= 0.6 is 0 Å². The average Bonchev–Trinajstić information content (AvgIpc) is 3.75. The van der Waals surface area contributed by atoms with Gasteiger partial charge in [0.25, 0.3) is 0 Å². The molecule has 0 aliphatic heterocycles. The molecule has 0 aliphatic rings. The molecule has 0 fully saturated rings. The normalized spacial score (nSPS) is 11.8. The van der Waals surface area contributed by atoms with Crippen molar-refractivity contribution >= 4 is 82.4 Å². The third kappa shape index (κ3) is 4.68. The zero-order valence-corrected chi connectivity index (χ0v) is 28.8. The number of benzene rings is 9. The van der Waals surface area contributed by atoms with Crippen molar-refractivity contribution < 1.29 is 4.42 Å². The highest BCUT2D eigenvalue weighted by molar-refractivity contribution is 6.24. The smallest absolute Gasteiger partial charge is 0.136 e. The van der Waals surface area contributed by atoms with Gasteiger partial charge in [-0.3, -0.25) is 0 Å². The fourth-order valence-corrected chi connectivity index (χ4v) is 8.32. The number of nitrogens with zero attached hydrogens (tertiary/aromatic N) is 2. The Bertz CT molecular complexity index is 3100. The van der Waals surface area contributed by atoms with Crippen molar-refractivity contribution in [1.82, 2.24) is 4.57 Å². The summed E-state index contributed by atoms with van der Waals surface area (Å²) >= 11 is 0. The Morgan fingerprint density at radius 3 is 1.70 bits per heavy atom. The van der Waals surface area contributed by atoms with E-state index in [9.17, 15) is 0 Å². The first kappa shape index (κ1) is 29.6. The Morgan fingerprint density at radius 1 is 0.358 bits per heavy atom. The molecule has 11 aromatic rings. The van der Waals surface area contributed by atoms with Gasteiger partial charge in [0, 0.05) is 44.3 Å². The van der Waals surface area contributed by atoms with Crippen LogP contribution in [0.25, 0.3) is 82.1 Å². The van der Waals surface area contributed by atoms with Gasteiger partial charge >= 0.3 is 0 Å². The van der Waals surface area contributed by atoms with Crippen LogP contribution in [0.1, 0.15) is 0 Å². The van der Waals surface area contributed by atoms with Crippen molar-refractivity contribution in [2.45, 2.75) is 0 Å². The maximum Gasteiger partial charge on any atom is 0.136 e. The summed E-state index contributed by atoms with van der Waals surface area (Å²) in [5.74, 6) is 0. The number of anilines is 3. The molecule has 0 amide bonds. The van der Waals surface area contributed by atoms with Crippen LogP contribution in [0.4, 0.5) is 17.1 Å². The molecular weight excluding hydrogens is 645 g/mol. The number of fused-ring (bicyclic) bond motifs is 9. The van der Waals surface area contributed by atoms with Crippen LogP contribution in [0.2, 0.25) is 0 Å². The fourth-order valence-electron chi connectivity index (χ4n) is 8.32. The van der Waals surface area contributed by atoms with Gasteiger partial charge in [-0.1, -0.05) is 103 Å². The van der Waals surface area contributed by atoms with E-state index in [1.807, 2.05) is 6.07 Å². The maximum absolute atomic E-state index is 6.42. The molecule has 0 radical (unpaired) electrons. The average molecular weight is 677 g/mol. The van der Waals surface area contributed by atoms with Crippen LogP contribution in [-0.4, -0.2) is 4.57 Å². The minimum atomic E-state index is 0.903. The van der Waals surface area contributed by atoms with Gasteiger partial charge in [-0.05, 0) is 124 Å². The molecule has 0 aliphatic carbocycles. The molecule has 0 saturated heterocycles. The van der Waals surface area contributed by atoms with E-state index in [-0.39, 0.29) is 0 Å². The summed E-state index contributed by atoms with van der Waals surface area (Å²) in [7, 11) is 0. The highest BCUT2D eigenvalue weighted by Gasteiger charge is 2.19. The predicted octanol–water partition coefficient (Wildman–Crippen LogP) is 14.1. The first-order chi connectivity index (χ1) is 26.3. The summed E-state index contributed by atoms with van der Waals surface area (Å²) in [6.07, 6.45) is 0. The molecule has 2 heterocycles. The summed E-state index contributed by atoms with van der Waals surface area (Å²) in [5, 5.41) is 9.57. The lowest BCUT2D eigenvalue weighted by atomic mass is 9.91. The first-order valence-electron chi connectivity index (χ1n) is 18.1. The number of rotatable bonds is 5.